The van der Waals surface area contributed by atoms with Gasteiger partial charge in [0.05, 0.1) is 0 Å². The van der Waals surface area contributed by atoms with Crippen LogP contribution in [0.25, 0.3) is 0 Å². The molecule has 2 N–H and O–H groups in total. The predicted molar refractivity (Wildman–Crippen MR) is 73.3 cm³/mol. The molecule has 1 aliphatic rings. The second kappa shape index (κ2) is 6.06. The van der Waals surface area contributed by atoms with Crippen LogP contribution in [-0.4, -0.2) is 29.8 Å². The molecule has 2 rings (SSSR count). The van der Waals surface area contributed by atoms with E-state index in [2.05, 4.69) is 5.32 Å². The van der Waals surface area contributed by atoms with E-state index in [1.807, 2.05) is 37.3 Å². The first-order valence-electron chi connectivity index (χ1n) is 6.85. The Morgan fingerprint density at radius 3 is 2.63 bits per heavy atom. The standard InChI is InChI=1S/C15H21NO3/c1-2-10-16-15(14(17)18,12-8-9-12)11-19-13-6-4-3-5-7-13/h3-7,12,16H,2,8-11H2,1H3,(H,17,18). The summed E-state index contributed by atoms with van der Waals surface area (Å²) in [6.45, 7) is 2.91. The fraction of sp³-hybridized carbons (Fsp3) is 0.533. The normalized spacial score (nSPS) is 17.7. The molecular formula is C15H21NO3. The van der Waals surface area contributed by atoms with E-state index in [-0.39, 0.29) is 12.5 Å². The van der Waals surface area contributed by atoms with Crippen molar-refractivity contribution in [2.75, 3.05) is 13.2 Å². The zero-order valence-corrected chi connectivity index (χ0v) is 11.3. The number of nitrogens with one attached hydrogen (secondary N) is 1. The Morgan fingerprint density at radius 2 is 2.11 bits per heavy atom. The second-order valence-electron chi connectivity index (χ2n) is 5.08. The van der Waals surface area contributed by atoms with E-state index in [9.17, 15) is 9.90 Å². The molecule has 1 saturated carbocycles. The molecule has 1 aliphatic carbocycles. The van der Waals surface area contributed by atoms with Gasteiger partial charge in [-0.1, -0.05) is 25.1 Å². The molecule has 4 nitrogen and oxygen atoms in total. The molecule has 0 radical (unpaired) electrons. The van der Waals surface area contributed by atoms with Crippen LogP contribution in [0.15, 0.2) is 30.3 Å². The maximum absolute atomic E-state index is 11.7. The molecule has 0 aromatic heterocycles. The average Bonchev–Trinajstić information content (AvgIpc) is 3.25. The lowest BCUT2D eigenvalue weighted by atomic mass is 9.94. The highest BCUT2D eigenvalue weighted by Crippen LogP contribution is 2.40. The summed E-state index contributed by atoms with van der Waals surface area (Å²) in [6.07, 6.45) is 2.83. The molecule has 0 amide bonds. The fourth-order valence-corrected chi connectivity index (χ4v) is 2.26. The van der Waals surface area contributed by atoms with Crippen molar-refractivity contribution in [3.63, 3.8) is 0 Å². The highest BCUT2D eigenvalue weighted by atomic mass is 16.5. The molecule has 0 heterocycles. The summed E-state index contributed by atoms with van der Waals surface area (Å²) in [6, 6.07) is 9.37. The third-order valence-electron chi connectivity index (χ3n) is 3.56. The lowest BCUT2D eigenvalue weighted by molar-refractivity contribution is -0.147. The third kappa shape index (κ3) is 3.26. The van der Waals surface area contributed by atoms with Gasteiger partial charge >= 0.3 is 5.97 Å². The molecule has 1 unspecified atom stereocenters. The van der Waals surface area contributed by atoms with Crippen molar-refractivity contribution in [2.45, 2.75) is 31.7 Å². The lowest BCUT2D eigenvalue weighted by Crippen LogP contribution is -2.58. The van der Waals surface area contributed by atoms with Gasteiger partial charge in [-0.2, -0.15) is 0 Å². The minimum absolute atomic E-state index is 0.178. The Kier molecular flexibility index (Phi) is 4.43. The zero-order valence-electron chi connectivity index (χ0n) is 11.3. The van der Waals surface area contributed by atoms with Crippen LogP contribution in [0.1, 0.15) is 26.2 Å². The van der Waals surface area contributed by atoms with Crippen LogP contribution in [0.5, 0.6) is 5.75 Å². The molecule has 1 aromatic rings. The molecule has 1 atom stereocenters. The Hall–Kier alpha value is -1.55. The summed E-state index contributed by atoms with van der Waals surface area (Å²) in [7, 11) is 0. The van der Waals surface area contributed by atoms with E-state index < -0.39 is 11.5 Å². The number of carboxylic acids is 1. The molecule has 0 saturated heterocycles. The second-order valence-corrected chi connectivity index (χ2v) is 5.08. The number of para-hydroxylation sites is 1. The average molecular weight is 263 g/mol. The quantitative estimate of drug-likeness (QED) is 0.755. The monoisotopic (exact) mass is 263 g/mol. The smallest absolute Gasteiger partial charge is 0.327 e. The highest BCUT2D eigenvalue weighted by molar-refractivity contribution is 5.80. The minimum Gasteiger partial charge on any atom is -0.491 e. The van der Waals surface area contributed by atoms with Crippen molar-refractivity contribution in [1.29, 1.82) is 0 Å². The van der Waals surface area contributed by atoms with Crippen molar-refractivity contribution in [1.82, 2.24) is 5.32 Å². The van der Waals surface area contributed by atoms with Crippen LogP contribution in [0, 0.1) is 5.92 Å². The lowest BCUT2D eigenvalue weighted by Gasteiger charge is -2.30. The van der Waals surface area contributed by atoms with Crippen LogP contribution in [0.3, 0.4) is 0 Å². The topological polar surface area (TPSA) is 58.6 Å². The van der Waals surface area contributed by atoms with Crippen LogP contribution in [0.2, 0.25) is 0 Å². The van der Waals surface area contributed by atoms with Gasteiger partial charge in [-0.3, -0.25) is 10.1 Å². The number of carboxylic acid groups (broad SMARTS) is 1. The summed E-state index contributed by atoms with van der Waals surface area (Å²) in [5.74, 6) is 0.0896. The van der Waals surface area contributed by atoms with Gasteiger partial charge in [0.25, 0.3) is 0 Å². The summed E-state index contributed by atoms with van der Waals surface area (Å²) >= 11 is 0. The number of ether oxygens (including phenoxy) is 1. The Balaban J connectivity index is 2.06. The summed E-state index contributed by atoms with van der Waals surface area (Å²) in [5.41, 5.74) is -0.939. The number of carbonyl (C=O) groups is 1. The van der Waals surface area contributed by atoms with E-state index in [1.165, 1.54) is 0 Å². The van der Waals surface area contributed by atoms with Gasteiger partial charge < -0.3 is 9.84 Å². The largest absolute Gasteiger partial charge is 0.491 e. The maximum Gasteiger partial charge on any atom is 0.327 e. The molecule has 104 valence electrons. The van der Waals surface area contributed by atoms with Crippen LogP contribution in [-0.2, 0) is 4.79 Å². The minimum atomic E-state index is -0.939. The Bertz CT molecular complexity index is 417. The van der Waals surface area contributed by atoms with E-state index in [0.717, 1.165) is 19.3 Å². The summed E-state index contributed by atoms with van der Waals surface area (Å²) < 4.78 is 5.69. The molecule has 4 heteroatoms. The molecule has 1 fully saturated rings. The van der Waals surface area contributed by atoms with Crippen LogP contribution < -0.4 is 10.1 Å². The SMILES string of the molecule is CCCNC(COc1ccccc1)(C(=O)O)C1CC1. The van der Waals surface area contributed by atoms with Gasteiger partial charge in [-0.25, -0.2) is 0 Å². The van der Waals surface area contributed by atoms with Gasteiger partial charge in [0, 0.05) is 0 Å². The van der Waals surface area contributed by atoms with Gasteiger partial charge in [0.15, 0.2) is 5.54 Å². The van der Waals surface area contributed by atoms with Crippen molar-refractivity contribution in [2.24, 2.45) is 5.92 Å². The van der Waals surface area contributed by atoms with Crippen molar-refractivity contribution >= 4 is 5.97 Å². The van der Waals surface area contributed by atoms with Gasteiger partial charge in [0.2, 0.25) is 0 Å². The molecular weight excluding hydrogens is 242 g/mol. The van der Waals surface area contributed by atoms with E-state index >= 15 is 0 Å². The molecule has 0 aliphatic heterocycles. The van der Waals surface area contributed by atoms with Crippen molar-refractivity contribution < 1.29 is 14.6 Å². The van der Waals surface area contributed by atoms with Crippen LogP contribution >= 0.6 is 0 Å². The van der Waals surface area contributed by atoms with Crippen LogP contribution in [0.4, 0.5) is 0 Å². The molecule has 0 bridgehead atoms. The van der Waals surface area contributed by atoms with Gasteiger partial charge in [-0.05, 0) is 43.9 Å². The Labute approximate surface area is 113 Å². The fourth-order valence-electron chi connectivity index (χ4n) is 2.26. The van der Waals surface area contributed by atoms with Gasteiger partial charge in [-0.15, -0.1) is 0 Å². The van der Waals surface area contributed by atoms with Gasteiger partial charge in [0.1, 0.15) is 12.4 Å². The summed E-state index contributed by atoms with van der Waals surface area (Å²) in [5, 5.41) is 12.8. The first-order valence-corrected chi connectivity index (χ1v) is 6.85. The maximum atomic E-state index is 11.7. The third-order valence-corrected chi connectivity index (χ3v) is 3.56. The number of aliphatic carboxylic acids is 1. The predicted octanol–water partition coefficient (Wildman–Crippen LogP) is 2.30. The number of hydrogen-bond acceptors (Lipinski definition) is 3. The van der Waals surface area contributed by atoms with E-state index in [4.69, 9.17) is 4.74 Å². The van der Waals surface area contributed by atoms with E-state index in [0.29, 0.717) is 12.3 Å². The Morgan fingerprint density at radius 1 is 1.42 bits per heavy atom. The first kappa shape index (κ1) is 13.9. The van der Waals surface area contributed by atoms with Crippen molar-refractivity contribution in [3.8, 4) is 5.75 Å². The first-order chi connectivity index (χ1) is 9.19. The summed E-state index contributed by atoms with van der Waals surface area (Å²) in [4.78, 5) is 11.7. The van der Waals surface area contributed by atoms with E-state index in [1.54, 1.807) is 0 Å². The number of benzene rings is 1. The van der Waals surface area contributed by atoms with Crippen molar-refractivity contribution in [3.05, 3.63) is 30.3 Å². The molecule has 0 spiro atoms. The number of rotatable bonds is 8. The molecule has 19 heavy (non-hydrogen) atoms. The highest BCUT2D eigenvalue weighted by Gasteiger charge is 2.51. The zero-order chi connectivity index (χ0) is 13.7. The molecule has 1 aromatic carbocycles. The number of hydrogen-bond donors (Lipinski definition) is 2.